The van der Waals surface area contributed by atoms with Gasteiger partial charge in [-0.05, 0) is 6.42 Å². The lowest BCUT2D eigenvalue weighted by Crippen LogP contribution is -2.18. The summed E-state index contributed by atoms with van der Waals surface area (Å²) in [6, 6.07) is 0. The Bertz CT molecular complexity index is 400. The van der Waals surface area contributed by atoms with Gasteiger partial charge in [-0.1, -0.05) is 27.7 Å². The average molecular weight is 222 g/mol. The van der Waals surface area contributed by atoms with Crippen molar-refractivity contribution >= 4 is 5.97 Å². The second-order valence-electron chi connectivity index (χ2n) is 4.90. The van der Waals surface area contributed by atoms with Crippen molar-refractivity contribution in [3.8, 4) is 0 Å². The van der Waals surface area contributed by atoms with Crippen LogP contribution in [0.1, 0.15) is 56.1 Å². The van der Waals surface area contributed by atoms with E-state index in [1.807, 2.05) is 27.7 Å². The van der Waals surface area contributed by atoms with E-state index in [2.05, 4.69) is 4.98 Å². The molecule has 0 aliphatic rings. The van der Waals surface area contributed by atoms with Crippen LogP contribution in [0.2, 0.25) is 0 Å². The number of aromatic carboxylic acids is 1. The highest BCUT2D eigenvalue weighted by molar-refractivity contribution is 5.87. The third-order valence-corrected chi connectivity index (χ3v) is 2.37. The summed E-state index contributed by atoms with van der Waals surface area (Å²) >= 11 is 0. The van der Waals surface area contributed by atoms with Gasteiger partial charge in [0.15, 0.2) is 5.69 Å². The molecule has 0 aliphatic heterocycles. The average Bonchev–Trinajstić information content (AvgIpc) is 2.44. The van der Waals surface area contributed by atoms with Crippen LogP contribution in [0.15, 0.2) is 0 Å². The molecule has 0 saturated carbocycles. The van der Waals surface area contributed by atoms with Gasteiger partial charge in [0.2, 0.25) is 0 Å². The van der Waals surface area contributed by atoms with Gasteiger partial charge in [-0.2, -0.15) is 0 Å². The molecular formula is C12H18N2O2. The molecule has 2 radical (unpaired) electrons. The Morgan fingerprint density at radius 3 is 2.38 bits per heavy atom. The molecule has 88 valence electrons. The van der Waals surface area contributed by atoms with Crippen LogP contribution in [0.4, 0.5) is 0 Å². The molecule has 0 spiro atoms. The van der Waals surface area contributed by atoms with Crippen molar-refractivity contribution in [1.29, 1.82) is 0 Å². The number of nitrogens with zero attached hydrogens (tertiary/aromatic N) is 2. The second-order valence-corrected chi connectivity index (χ2v) is 4.90. The van der Waals surface area contributed by atoms with Crippen molar-refractivity contribution in [2.24, 2.45) is 0 Å². The monoisotopic (exact) mass is 222 g/mol. The molecule has 0 unspecified atom stereocenters. The summed E-state index contributed by atoms with van der Waals surface area (Å²) in [4.78, 5) is 15.5. The topological polar surface area (TPSA) is 55.1 Å². The number of hydrogen-bond acceptors (Lipinski definition) is 2. The van der Waals surface area contributed by atoms with E-state index in [0.29, 0.717) is 17.9 Å². The Morgan fingerprint density at radius 1 is 1.50 bits per heavy atom. The summed E-state index contributed by atoms with van der Waals surface area (Å²) in [5.41, 5.74) is 0.322. The fourth-order valence-corrected chi connectivity index (χ4v) is 1.61. The molecule has 1 aromatic heterocycles. The zero-order valence-corrected chi connectivity index (χ0v) is 10.2. The molecule has 1 rings (SSSR count). The number of hydrogen-bond donors (Lipinski definition) is 1. The van der Waals surface area contributed by atoms with E-state index in [0.717, 1.165) is 6.42 Å². The van der Waals surface area contributed by atoms with Crippen molar-refractivity contribution in [2.75, 3.05) is 0 Å². The molecule has 0 aliphatic carbocycles. The van der Waals surface area contributed by atoms with Gasteiger partial charge >= 0.3 is 5.97 Å². The molecule has 16 heavy (non-hydrogen) atoms. The minimum absolute atomic E-state index is 0.0935. The molecule has 1 N–H and O–H groups in total. The third-order valence-electron chi connectivity index (χ3n) is 2.37. The van der Waals surface area contributed by atoms with E-state index < -0.39 is 5.97 Å². The first-order chi connectivity index (χ1) is 7.29. The van der Waals surface area contributed by atoms with Gasteiger partial charge in [0.1, 0.15) is 5.82 Å². The predicted octanol–water partition coefficient (Wildman–Crippen LogP) is 2.35. The largest absolute Gasteiger partial charge is 0.477 e. The minimum atomic E-state index is -1.03. The number of carboxylic acid groups (broad SMARTS) is 1. The van der Waals surface area contributed by atoms with Gasteiger partial charge in [-0.15, -0.1) is 0 Å². The van der Waals surface area contributed by atoms with E-state index >= 15 is 0 Å². The molecule has 4 heteroatoms. The summed E-state index contributed by atoms with van der Waals surface area (Å²) in [7, 11) is 5.76. The number of carbonyl (C=O) groups is 1. The van der Waals surface area contributed by atoms with Gasteiger partial charge in [0.25, 0.3) is 0 Å². The zero-order chi connectivity index (χ0) is 12.5. The summed E-state index contributed by atoms with van der Waals surface area (Å²) in [6.07, 6.45) is 1.57. The molecular weight excluding hydrogens is 204 g/mol. The second kappa shape index (κ2) is 4.28. The Morgan fingerprint density at radius 2 is 2.06 bits per heavy atom. The summed E-state index contributed by atoms with van der Waals surface area (Å²) < 4.78 is 1.20. The lowest BCUT2D eigenvalue weighted by Gasteiger charge is -2.16. The summed E-state index contributed by atoms with van der Waals surface area (Å²) in [5, 5.41) is 9.15. The van der Waals surface area contributed by atoms with Crippen molar-refractivity contribution < 1.29 is 9.90 Å². The maximum atomic E-state index is 11.2. The lowest BCUT2D eigenvalue weighted by molar-refractivity contribution is 0.0684. The van der Waals surface area contributed by atoms with E-state index in [9.17, 15) is 4.79 Å². The maximum absolute atomic E-state index is 11.2. The van der Waals surface area contributed by atoms with Gasteiger partial charge in [0.05, 0.1) is 12.7 Å². The van der Waals surface area contributed by atoms with E-state index in [-0.39, 0.29) is 11.1 Å². The van der Waals surface area contributed by atoms with Crippen molar-refractivity contribution in [2.45, 2.75) is 46.0 Å². The van der Waals surface area contributed by atoms with Crippen molar-refractivity contribution in [3.63, 3.8) is 0 Å². The molecule has 0 atom stereocenters. The first kappa shape index (κ1) is 12.7. The number of carboxylic acids is 1. The molecule has 0 aromatic carbocycles. The first-order valence-electron chi connectivity index (χ1n) is 5.39. The molecule has 1 aromatic rings. The Labute approximate surface area is 96.3 Å². The normalized spacial score (nSPS) is 11.8. The highest BCUT2D eigenvalue weighted by Crippen LogP contribution is 2.26. The van der Waals surface area contributed by atoms with E-state index in [4.69, 9.17) is 12.2 Å². The molecule has 0 bridgehead atoms. The molecule has 4 nitrogen and oxygen atoms in total. The number of imidazole rings is 1. The summed E-state index contributed by atoms with van der Waals surface area (Å²) in [5.74, 6) is -0.396. The number of aryl methyl sites for hydroxylation is 1. The minimum Gasteiger partial charge on any atom is -0.477 e. The van der Waals surface area contributed by atoms with Crippen LogP contribution in [-0.4, -0.2) is 20.6 Å². The van der Waals surface area contributed by atoms with Crippen LogP contribution in [-0.2, 0) is 11.8 Å². The Hall–Kier alpha value is -1.32. The standard InChI is InChI=1S/C12H18N2O2/c1-6-7-8-13-10(12(2,3)4)9(11(15)16)14(8)5/h5H,6-7H2,1-4H3,(H,15,16). The number of aromatic nitrogens is 2. The Balaban J connectivity index is 3.37. The zero-order valence-electron chi connectivity index (χ0n) is 10.2. The number of rotatable bonds is 3. The van der Waals surface area contributed by atoms with E-state index in [1.54, 1.807) is 0 Å². The highest BCUT2D eigenvalue weighted by Gasteiger charge is 2.28. The van der Waals surface area contributed by atoms with Crippen LogP contribution in [0.5, 0.6) is 0 Å². The maximum Gasteiger partial charge on any atom is 0.354 e. The smallest absolute Gasteiger partial charge is 0.354 e. The molecule has 1 heterocycles. The SMILES string of the molecule is [CH]n1c(CCC)nc(C(C)(C)C)c1C(=O)O. The van der Waals surface area contributed by atoms with Crippen LogP contribution in [0.3, 0.4) is 0 Å². The molecule has 0 amide bonds. The highest BCUT2D eigenvalue weighted by atomic mass is 16.4. The van der Waals surface area contributed by atoms with Crippen molar-refractivity contribution in [1.82, 2.24) is 9.55 Å². The van der Waals surface area contributed by atoms with Crippen LogP contribution >= 0.6 is 0 Å². The van der Waals surface area contributed by atoms with Crippen molar-refractivity contribution in [3.05, 3.63) is 24.3 Å². The predicted molar refractivity (Wildman–Crippen MR) is 61.6 cm³/mol. The van der Waals surface area contributed by atoms with Crippen LogP contribution in [0, 0.1) is 7.05 Å². The molecule has 0 fully saturated rings. The van der Waals surface area contributed by atoms with E-state index in [1.165, 1.54) is 4.57 Å². The fourth-order valence-electron chi connectivity index (χ4n) is 1.61. The quantitative estimate of drug-likeness (QED) is 0.854. The van der Waals surface area contributed by atoms with Gasteiger partial charge in [-0.25, -0.2) is 9.78 Å². The summed E-state index contributed by atoms with van der Waals surface area (Å²) in [6.45, 7) is 7.79. The van der Waals surface area contributed by atoms with Crippen LogP contribution in [0.25, 0.3) is 0 Å². The van der Waals surface area contributed by atoms with Gasteiger partial charge in [-0.3, -0.25) is 0 Å². The third kappa shape index (κ3) is 2.26. The van der Waals surface area contributed by atoms with Crippen LogP contribution < -0.4 is 0 Å². The first-order valence-corrected chi connectivity index (χ1v) is 5.39. The van der Waals surface area contributed by atoms with Gasteiger partial charge in [0, 0.05) is 11.8 Å². The molecule has 0 saturated heterocycles. The fraction of sp³-hybridized carbons (Fsp3) is 0.583. The van der Waals surface area contributed by atoms with Gasteiger partial charge < -0.3 is 9.67 Å². The lowest BCUT2D eigenvalue weighted by atomic mass is 9.90. The Kier molecular flexibility index (Phi) is 3.41.